The van der Waals surface area contributed by atoms with E-state index in [9.17, 15) is 0 Å². The number of benzene rings is 1. The summed E-state index contributed by atoms with van der Waals surface area (Å²) in [6, 6.07) is 5.83. The Morgan fingerprint density at radius 1 is 1.50 bits per heavy atom. The van der Waals surface area contributed by atoms with Crippen LogP contribution in [-0.2, 0) is 0 Å². The smallest absolute Gasteiger partial charge is 0.134 e. The van der Waals surface area contributed by atoms with Gasteiger partial charge in [-0.3, -0.25) is 0 Å². The van der Waals surface area contributed by atoms with E-state index in [0.717, 1.165) is 16.4 Å². The monoisotopic (exact) mass is 212 g/mol. The van der Waals surface area contributed by atoms with Gasteiger partial charge in [0.1, 0.15) is 5.75 Å². The Morgan fingerprint density at radius 2 is 2.21 bits per heavy atom. The molecular formula is C10H16N2OS. The van der Waals surface area contributed by atoms with Gasteiger partial charge < -0.3 is 16.2 Å². The maximum absolute atomic E-state index is 5.68. The Labute approximate surface area is 88.8 Å². The average molecular weight is 212 g/mol. The zero-order chi connectivity index (χ0) is 10.6. The number of methoxy groups -OCH3 is 1. The molecule has 0 saturated carbocycles. The highest BCUT2D eigenvalue weighted by Gasteiger charge is 2.04. The van der Waals surface area contributed by atoms with Gasteiger partial charge in [0.15, 0.2) is 0 Å². The van der Waals surface area contributed by atoms with E-state index < -0.39 is 0 Å². The van der Waals surface area contributed by atoms with E-state index in [1.165, 1.54) is 0 Å². The predicted molar refractivity (Wildman–Crippen MR) is 61.8 cm³/mol. The minimum atomic E-state index is 0.183. The standard InChI is InChI=1S/C10H16N2OS/c1-7(11)6-14-10-4-3-8(12)5-9(10)13-2/h3-5,7H,6,11-12H2,1-2H3. The predicted octanol–water partition coefficient (Wildman–Crippen LogP) is 1.72. The summed E-state index contributed by atoms with van der Waals surface area (Å²) in [5, 5.41) is 0. The summed E-state index contributed by atoms with van der Waals surface area (Å²) in [5.41, 5.74) is 12.0. The fourth-order valence-electron chi connectivity index (χ4n) is 1.02. The molecule has 0 aliphatic carbocycles. The Hall–Kier alpha value is -0.870. The van der Waals surface area contributed by atoms with Gasteiger partial charge in [-0.2, -0.15) is 0 Å². The molecule has 4 N–H and O–H groups in total. The maximum atomic E-state index is 5.68. The lowest BCUT2D eigenvalue weighted by Gasteiger charge is -2.09. The van der Waals surface area contributed by atoms with Gasteiger partial charge in [0.25, 0.3) is 0 Å². The average Bonchev–Trinajstić information content (AvgIpc) is 2.15. The molecule has 0 radical (unpaired) electrons. The van der Waals surface area contributed by atoms with Gasteiger partial charge in [-0.15, -0.1) is 11.8 Å². The number of rotatable bonds is 4. The molecule has 0 fully saturated rings. The molecule has 4 heteroatoms. The van der Waals surface area contributed by atoms with Crippen LogP contribution in [0.3, 0.4) is 0 Å². The highest BCUT2D eigenvalue weighted by atomic mass is 32.2. The highest BCUT2D eigenvalue weighted by molar-refractivity contribution is 7.99. The molecule has 0 saturated heterocycles. The highest BCUT2D eigenvalue weighted by Crippen LogP contribution is 2.30. The van der Waals surface area contributed by atoms with Crippen LogP contribution in [0.25, 0.3) is 0 Å². The first-order valence-corrected chi connectivity index (χ1v) is 5.44. The number of hydrogen-bond acceptors (Lipinski definition) is 4. The Balaban J connectivity index is 2.75. The summed E-state index contributed by atoms with van der Waals surface area (Å²) >= 11 is 1.68. The number of thioether (sulfide) groups is 1. The fraction of sp³-hybridized carbons (Fsp3) is 0.400. The van der Waals surface area contributed by atoms with Crippen molar-refractivity contribution < 1.29 is 4.74 Å². The van der Waals surface area contributed by atoms with Crippen molar-refractivity contribution in [2.24, 2.45) is 5.73 Å². The van der Waals surface area contributed by atoms with Crippen LogP contribution in [0.15, 0.2) is 23.1 Å². The van der Waals surface area contributed by atoms with E-state index in [1.54, 1.807) is 18.9 Å². The van der Waals surface area contributed by atoms with E-state index in [1.807, 2.05) is 25.1 Å². The first-order chi connectivity index (χ1) is 6.63. The minimum Gasteiger partial charge on any atom is -0.496 e. The number of nitrogen functional groups attached to an aromatic ring is 1. The summed E-state index contributed by atoms with van der Waals surface area (Å²) in [6.07, 6.45) is 0. The Morgan fingerprint density at radius 3 is 2.79 bits per heavy atom. The van der Waals surface area contributed by atoms with Crippen LogP contribution in [-0.4, -0.2) is 18.9 Å². The second-order valence-electron chi connectivity index (χ2n) is 3.20. The summed E-state index contributed by atoms with van der Waals surface area (Å²) in [5.74, 6) is 1.69. The van der Waals surface area contributed by atoms with Crippen LogP contribution in [0, 0.1) is 0 Å². The summed E-state index contributed by atoms with van der Waals surface area (Å²) in [7, 11) is 1.64. The van der Waals surface area contributed by atoms with E-state index >= 15 is 0 Å². The molecule has 3 nitrogen and oxygen atoms in total. The number of anilines is 1. The van der Waals surface area contributed by atoms with Crippen molar-refractivity contribution in [3.05, 3.63) is 18.2 Å². The van der Waals surface area contributed by atoms with E-state index in [2.05, 4.69) is 0 Å². The largest absolute Gasteiger partial charge is 0.496 e. The SMILES string of the molecule is COc1cc(N)ccc1SCC(C)N. The summed E-state index contributed by atoms with van der Waals surface area (Å²) in [4.78, 5) is 1.08. The van der Waals surface area contributed by atoms with Gasteiger partial charge in [-0.25, -0.2) is 0 Å². The third kappa shape index (κ3) is 3.12. The Bertz CT molecular complexity index is 302. The Kier molecular flexibility index (Phi) is 4.10. The number of nitrogens with two attached hydrogens (primary N) is 2. The summed E-state index contributed by atoms with van der Waals surface area (Å²) < 4.78 is 5.22. The molecule has 78 valence electrons. The molecule has 0 aliphatic rings. The first kappa shape index (κ1) is 11.2. The second-order valence-corrected chi connectivity index (χ2v) is 4.26. The van der Waals surface area contributed by atoms with Gasteiger partial charge in [0, 0.05) is 28.4 Å². The van der Waals surface area contributed by atoms with Crippen LogP contribution in [0.1, 0.15) is 6.92 Å². The second kappa shape index (κ2) is 5.12. The van der Waals surface area contributed by atoms with Gasteiger partial charge in [-0.1, -0.05) is 0 Å². The lowest BCUT2D eigenvalue weighted by molar-refractivity contribution is 0.405. The third-order valence-corrected chi connectivity index (χ3v) is 3.03. The van der Waals surface area contributed by atoms with Gasteiger partial charge in [-0.05, 0) is 19.1 Å². The summed E-state index contributed by atoms with van der Waals surface area (Å²) in [6.45, 7) is 1.98. The molecule has 1 aromatic rings. The molecule has 0 amide bonds. The zero-order valence-corrected chi connectivity index (χ0v) is 9.30. The third-order valence-electron chi connectivity index (χ3n) is 1.69. The first-order valence-electron chi connectivity index (χ1n) is 4.45. The van der Waals surface area contributed by atoms with Crippen molar-refractivity contribution in [1.82, 2.24) is 0 Å². The topological polar surface area (TPSA) is 61.3 Å². The molecule has 1 aromatic carbocycles. The molecule has 0 aromatic heterocycles. The normalized spacial score (nSPS) is 12.5. The quantitative estimate of drug-likeness (QED) is 0.589. The van der Waals surface area contributed by atoms with Crippen LogP contribution >= 0.6 is 11.8 Å². The van der Waals surface area contributed by atoms with Crippen molar-refractivity contribution in [3.63, 3.8) is 0 Å². The number of ether oxygens (including phenoxy) is 1. The molecule has 0 heterocycles. The van der Waals surface area contributed by atoms with Crippen molar-refractivity contribution in [2.75, 3.05) is 18.6 Å². The zero-order valence-electron chi connectivity index (χ0n) is 8.49. The van der Waals surface area contributed by atoms with E-state index in [0.29, 0.717) is 5.69 Å². The van der Waals surface area contributed by atoms with Crippen LogP contribution in [0.2, 0.25) is 0 Å². The molecule has 0 spiro atoms. The molecular weight excluding hydrogens is 196 g/mol. The fourth-order valence-corrected chi connectivity index (χ4v) is 1.92. The lowest BCUT2D eigenvalue weighted by Crippen LogP contribution is -2.17. The van der Waals surface area contributed by atoms with Crippen molar-refractivity contribution in [2.45, 2.75) is 17.9 Å². The van der Waals surface area contributed by atoms with Crippen LogP contribution < -0.4 is 16.2 Å². The van der Waals surface area contributed by atoms with E-state index in [-0.39, 0.29) is 6.04 Å². The molecule has 1 atom stereocenters. The van der Waals surface area contributed by atoms with Gasteiger partial charge in [0.05, 0.1) is 7.11 Å². The van der Waals surface area contributed by atoms with Crippen molar-refractivity contribution >= 4 is 17.4 Å². The lowest BCUT2D eigenvalue weighted by atomic mass is 10.3. The van der Waals surface area contributed by atoms with Crippen LogP contribution in [0.5, 0.6) is 5.75 Å². The molecule has 0 bridgehead atoms. The van der Waals surface area contributed by atoms with E-state index in [4.69, 9.17) is 16.2 Å². The molecule has 1 rings (SSSR count). The molecule has 14 heavy (non-hydrogen) atoms. The molecule has 0 aliphatic heterocycles. The van der Waals surface area contributed by atoms with Crippen LogP contribution in [0.4, 0.5) is 5.69 Å². The van der Waals surface area contributed by atoms with Gasteiger partial charge in [0.2, 0.25) is 0 Å². The van der Waals surface area contributed by atoms with Crippen molar-refractivity contribution in [3.8, 4) is 5.75 Å². The van der Waals surface area contributed by atoms with Crippen molar-refractivity contribution in [1.29, 1.82) is 0 Å². The van der Waals surface area contributed by atoms with Gasteiger partial charge >= 0.3 is 0 Å². The maximum Gasteiger partial charge on any atom is 0.134 e. The minimum absolute atomic E-state index is 0.183. The number of hydrogen-bond donors (Lipinski definition) is 2. The molecule has 1 unspecified atom stereocenters.